The second kappa shape index (κ2) is 11.4. The lowest BCUT2D eigenvalue weighted by Gasteiger charge is -2.50. The molecule has 4 aliphatic rings. The Kier molecular flexibility index (Phi) is 8.02. The van der Waals surface area contributed by atoms with Crippen molar-refractivity contribution in [2.24, 2.45) is 17.8 Å². The molecule has 6 rings (SSSR count). The number of aliphatic carboxylic acids is 1. The summed E-state index contributed by atoms with van der Waals surface area (Å²) in [5.41, 5.74) is -1.98. The summed E-state index contributed by atoms with van der Waals surface area (Å²) in [6, 6.07) is 3.71. The van der Waals surface area contributed by atoms with Gasteiger partial charge in [-0.05, 0) is 43.4 Å². The molecular formula is C31H23Cl2F5N2O8. The van der Waals surface area contributed by atoms with Crippen molar-refractivity contribution in [2.45, 2.75) is 41.3 Å². The predicted octanol–water partition coefficient (Wildman–Crippen LogP) is 4.52. The number of halogens is 7. The van der Waals surface area contributed by atoms with Gasteiger partial charge >= 0.3 is 5.97 Å². The summed E-state index contributed by atoms with van der Waals surface area (Å²) in [6.07, 6.45) is 0.237. The van der Waals surface area contributed by atoms with E-state index in [1.807, 2.05) is 0 Å². The molecule has 4 amide bonds. The van der Waals surface area contributed by atoms with Crippen molar-refractivity contribution in [1.82, 2.24) is 4.90 Å². The van der Waals surface area contributed by atoms with Gasteiger partial charge in [0.15, 0.2) is 33.0 Å². The van der Waals surface area contributed by atoms with Crippen LogP contribution in [0.25, 0.3) is 0 Å². The van der Waals surface area contributed by atoms with Gasteiger partial charge in [0.1, 0.15) is 17.2 Å². The monoisotopic (exact) mass is 716 g/mol. The van der Waals surface area contributed by atoms with E-state index < -0.39 is 110 Å². The molecule has 2 heterocycles. The number of allylic oxidation sites excluding steroid dienone is 2. The fourth-order valence-electron chi connectivity index (χ4n) is 7.48. The van der Waals surface area contributed by atoms with Crippen LogP contribution in [0.4, 0.5) is 27.6 Å². The lowest BCUT2D eigenvalue weighted by atomic mass is 9.56. The second-order valence-corrected chi connectivity index (χ2v) is 13.2. The molecule has 2 aliphatic carbocycles. The van der Waals surface area contributed by atoms with E-state index in [2.05, 4.69) is 0 Å². The number of hydrogen-bond donors (Lipinski definition) is 2. The Morgan fingerprint density at radius 1 is 0.958 bits per heavy atom. The van der Waals surface area contributed by atoms with Crippen LogP contribution in [0.3, 0.4) is 0 Å². The van der Waals surface area contributed by atoms with Crippen LogP contribution in [0, 0.1) is 46.8 Å². The second-order valence-electron chi connectivity index (χ2n) is 11.9. The first-order valence-electron chi connectivity index (χ1n) is 14.4. The molecule has 17 heteroatoms. The first kappa shape index (κ1) is 33.7. The number of rotatable bonds is 7. The zero-order valence-electron chi connectivity index (χ0n) is 24.5. The Labute approximate surface area is 277 Å². The van der Waals surface area contributed by atoms with Gasteiger partial charge < -0.3 is 14.9 Å². The molecule has 2 aromatic carbocycles. The largest absolute Gasteiger partial charge is 0.508 e. The maximum atomic E-state index is 15.1. The van der Waals surface area contributed by atoms with E-state index in [9.17, 15) is 42.3 Å². The highest BCUT2D eigenvalue weighted by molar-refractivity contribution is 6.58. The summed E-state index contributed by atoms with van der Waals surface area (Å²) in [4.78, 5) is 61.7. The zero-order chi connectivity index (χ0) is 35.2. The van der Waals surface area contributed by atoms with Crippen LogP contribution in [-0.2, 0) is 24.0 Å². The first-order chi connectivity index (χ1) is 22.5. The number of likely N-dealkylation sites (tertiary alicyclic amines) is 1. The van der Waals surface area contributed by atoms with Crippen LogP contribution < -0.4 is 9.64 Å². The summed E-state index contributed by atoms with van der Waals surface area (Å²) >= 11 is 14.1. The van der Waals surface area contributed by atoms with Crippen LogP contribution in [0.2, 0.25) is 0 Å². The molecule has 2 saturated heterocycles. The predicted molar refractivity (Wildman–Crippen MR) is 155 cm³/mol. The number of anilines is 1. The van der Waals surface area contributed by atoms with E-state index in [1.54, 1.807) is 0 Å². The molecule has 254 valence electrons. The summed E-state index contributed by atoms with van der Waals surface area (Å²) in [7, 11) is 1.27. The van der Waals surface area contributed by atoms with Gasteiger partial charge in [-0.2, -0.15) is 0 Å². The van der Waals surface area contributed by atoms with Gasteiger partial charge in [0, 0.05) is 24.4 Å². The minimum Gasteiger partial charge on any atom is -0.508 e. The fourth-order valence-corrected chi connectivity index (χ4v) is 8.40. The van der Waals surface area contributed by atoms with Gasteiger partial charge in [0.2, 0.25) is 17.6 Å². The molecular weight excluding hydrogens is 694 g/mol. The average molecular weight is 717 g/mol. The minimum atomic E-state index is -2.81. The molecule has 0 radical (unpaired) electrons. The molecule has 2 N–H and O–H groups in total. The number of benzene rings is 2. The van der Waals surface area contributed by atoms with Crippen molar-refractivity contribution in [1.29, 1.82) is 0 Å². The van der Waals surface area contributed by atoms with E-state index in [1.165, 1.54) is 25.3 Å². The molecule has 6 unspecified atom stereocenters. The molecule has 1 saturated carbocycles. The molecule has 48 heavy (non-hydrogen) atoms. The lowest BCUT2D eigenvalue weighted by Crippen LogP contribution is -2.60. The van der Waals surface area contributed by atoms with Gasteiger partial charge in [-0.3, -0.25) is 28.9 Å². The molecule has 2 aliphatic heterocycles. The zero-order valence-corrected chi connectivity index (χ0v) is 26.1. The average Bonchev–Trinajstić information content (AvgIpc) is 3.37. The van der Waals surface area contributed by atoms with Crippen LogP contribution in [0.1, 0.15) is 37.2 Å². The smallest absolute Gasteiger partial charge is 0.303 e. The quantitative estimate of drug-likeness (QED) is 0.106. The number of nitrogens with zero attached hydrogens (tertiary/aromatic N) is 2. The number of carbonyl (C=O) groups is 5. The highest BCUT2D eigenvalue weighted by atomic mass is 35.5. The highest BCUT2D eigenvalue weighted by Gasteiger charge is 2.77. The topological polar surface area (TPSA) is 142 Å². The molecule has 3 fully saturated rings. The Morgan fingerprint density at radius 2 is 1.58 bits per heavy atom. The number of carboxylic acid groups (broad SMARTS) is 1. The third-order valence-electron chi connectivity index (χ3n) is 9.63. The fraction of sp³-hybridized carbons (Fsp3) is 0.387. The Morgan fingerprint density at radius 3 is 2.19 bits per heavy atom. The molecule has 10 nitrogen and oxygen atoms in total. The number of phenolic OH excluding ortho intramolecular Hbond substituents is 1. The van der Waals surface area contributed by atoms with Gasteiger partial charge in [-0.25, -0.2) is 26.9 Å². The Balaban J connectivity index is 1.55. The van der Waals surface area contributed by atoms with E-state index in [4.69, 9.17) is 33.0 Å². The van der Waals surface area contributed by atoms with Crippen molar-refractivity contribution in [2.75, 3.05) is 18.6 Å². The number of imide groups is 2. The van der Waals surface area contributed by atoms with Gasteiger partial charge in [-0.15, -0.1) is 23.2 Å². The van der Waals surface area contributed by atoms with Crippen LogP contribution in [0.5, 0.6) is 11.5 Å². The highest BCUT2D eigenvalue weighted by Crippen LogP contribution is 2.66. The summed E-state index contributed by atoms with van der Waals surface area (Å²) in [5, 5.41) is 20.1. The van der Waals surface area contributed by atoms with E-state index >= 15 is 8.78 Å². The van der Waals surface area contributed by atoms with Gasteiger partial charge in [-0.1, -0.05) is 11.6 Å². The number of hydrogen-bond acceptors (Lipinski definition) is 7. The minimum absolute atomic E-state index is 0.0639. The van der Waals surface area contributed by atoms with Crippen LogP contribution in [-0.4, -0.2) is 68.1 Å². The van der Waals surface area contributed by atoms with Crippen molar-refractivity contribution in [3.63, 3.8) is 0 Å². The van der Waals surface area contributed by atoms with Crippen molar-refractivity contribution < 1.29 is 60.9 Å². The molecule has 0 aromatic heterocycles. The standard InChI is InChI=1S/C31H23Cl2F5N2O8/c1-48-11-4-7-16(41)14(9-11)19-12-5-6-13-18(27(45)39(26(13)44)8-2-3-17(42)43)15(12)10-30(32)28(46)40(29(47)31(19,30)33)25-23(37)21(35)20(34)22(36)24(25)38/h4-5,7,9,13,15,18-19,41H,2-3,6,8,10H2,1H3,(H,42,43). The Hall–Kier alpha value is -4.24. The Bertz CT molecular complexity index is 1850. The molecule has 2 aromatic rings. The number of ether oxygens (including phenoxy) is 1. The third kappa shape index (κ3) is 4.39. The van der Waals surface area contributed by atoms with E-state index in [0.29, 0.717) is 0 Å². The third-order valence-corrected chi connectivity index (χ3v) is 11.0. The first-order valence-corrected chi connectivity index (χ1v) is 15.2. The maximum Gasteiger partial charge on any atom is 0.303 e. The van der Waals surface area contributed by atoms with Crippen molar-refractivity contribution in [3.05, 3.63) is 64.5 Å². The van der Waals surface area contributed by atoms with Crippen molar-refractivity contribution in [3.8, 4) is 11.5 Å². The van der Waals surface area contributed by atoms with E-state index in [0.717, 1.165) is 11.0 Å². The number of phenols is 1. The van der Waals surface area contributed by atoms with E-state index in [-0.39, 0.29) is 47.6 Å². The van der Waals surface area contributed by atoms with Gasteiger partial charge in [0.05, 0.1) is 18.9 Å². The number of amides is 4. The van der Waals surface area contributed by atoms with Crippen LogP contribution >= 0.6 is 23.2 Å². The molecule has 6 atom stereocenters. The summed E-state index contributed by atoms with van der Waals surface area (Å²) in [5.74, 6) is -23.9. The number of aromatic hydroxyl groups is 1. The number of carboxylic acids is 1. The number of methoxy groups -OCH3 is 1. The number of alkyl halides is 2. The van der Waals surface area contributed by atoms with Crippen LogP contribution in [0.15, 0.2) is 29.8 Å². The SMILES string of the molecule is COc1ccc(O)c(C2C3=CCC4C(=O)N(CCCC(=O)O)C(=O)C4C3CC3(Cl)C(=O)N(c4c(F)c(F)c(F)c(F)c4F)C(=O)C23Cl)c1. The summed E-state index contributed by atoms with van der Waals surface area (Å²) in [6.45, 7) is -0.240. The van der Waals surface area contributed by atoms with Crippen molar-refractivity contribution >= 4 is 58.5 Å². The lowest BCUT2D eigenvalue weighted by molar-refractivity contribution is -0.142. The molecule has 0 spiro atoms. The normalized spacial score (nSPS) is 29.5. The number of fused-ring (bicyclic) bond motifs is 4. The summed E-state index contributed by atoms with van der Waals surface area (Å²) < 4.78 is 78.2. The maximum absolute atomic E-state index is 15.1. The molecule has 0 bridgehead atoms. The number of carbonyl (C=O) groups excluding carboxylic acids is 4. The van der Waals surface area contributed by atoms with Gasteiger partial charge in [0.25, 0.3) is 11.8 Å².